The van der Waals surface area contributed by atoms with Crippen LogP contribution in [0.1, 0.15) is 45.5 Å². The summed E-state index contributed by atoms with van der Waals surface area (Å²) < 4.78 is 13.3. The highest BCUT2D eigenvalue weighted by atomic mass is 19.1. The Labute approximate surface area is 145 Å². The third-order valence-corrected chi connectivity index (χ3v) is 4.50. The average molecular weight is 341 g/mol. The van der Waals surface area contributed by atoms with Crippen molar-refractivity contribution >= 4 is 11.8 Å². The van der Waals surface area contributed by atoms with Crippen molar-refractivity contribution in [1.82, 2.24) is 15.2 Å². The van der Waals surface area contributed by atoms with Gasteiger partial charge in [0.05, 0.1) is 11.1 Å². The third-order valence-electron chi connectivity index (χ3n) is 4.50. The van der Waals surface area contributed by atoms with Crippen molar-refractivity contribution in [3.8, 4) is 0 Å². The van der Waals surface area contributed by atoms with Gasteiger partial charge in [0.1, 0.15) is 0 Å². The SMILES string of the molecule is CCC(CNCCN1C(=O)c2ccccc2C1=O)c1ccnc(F)c1. The maximum atomic E-state index is 13.3. The van der Waals surface area contributed by atoms with Gasteiger partial charge in [-0.25, -0.2) is 4.98 Å². The number of carbonyl (C=O) groups is 2. The topological polar surface area (TPSA) is 62.3 Å². The van der Waals surface area contributed by atoms with Gasteiger partial charge in [0.25, 0.3) is 11.8 Å². The van der Waals surface area contributed by atoms with Gasteiger partial charge >= 0.3 is 0 Å². The van der Waals surface area contributed by atoms with Gasteiger partial charge in [0.15, 0.2) is 0 Å². The van der Waals surface area contributed by atoms with Gasteiger partial charge < -0.3 is 5.32 Å². The molecule has 3 rings (SSSR count). The van der Waals surface area contributed by atoms with E-state index in [1.165, 1.54) is 17.2 Å². The molecule has 5 nitrogen and oxygen atoms in total. The van der Waals surface area contributed by atoms with Crippen molar-refractivity contribution in [1.29, 1.82) is 0 Å². The van der Waals surface area contributed by atoms with E-state index in [1.807, 2.05) is 13.0 Å². The zero-order valence-corrected chi connectivity index (χ0v) is 14.0. The summed E-state index contributed by atoms with van der Waals surface area (Å²) in [6.45, 7) is 3.49. The van der Waals surface area contributed by atoms with Gasteiger partial charge in [-0.1, -0.05) is 19.1 Å². The molecule has 1 N–H and O–H groups in total. The Balaban J connectivity index is 1.53. The largest absolute Gasteiger partial charge is 0.314 e. The third kappa shape index (κ3) is 3.58. The predicted octanol–water partition coefficient (Wildman–Crippen LogP) is 2.60. The number of nitrogens with zero attached hydrogens (tertiary/aromatic N) is 2. The number of amides is 2. The molecule has 0 saturated heterocycles. The lowest BCUT2D eigenvalue weighted by molar-refractivity contribution is 0.0655. The maximum absolute atomic E-state index is 13.3. The molecule has 0 bridgehead atoms. The highest BCUT2D eigenvalue weighted by molar-refractivity contribution is 6.21. The number of aromatic nitrogens is 1. The van der Waals surface area contributed by atoms with Crippen LogP contribution in [-0.2, 0) is 0 Å². The zero-order chi connectivity index (χ0) is 17.8. The van der Waals surface area contributed by atoms with Crippen LogP contribution in [0.25, 0.3) is 0 Å². The summed E-state index contributed by atoms with van der Waals surface area (Å²) in [5.74, 6) is -0.821. The van der Waals surface area contributed by atoms with Crippen LogP contribution >= 0.6 is 0 Å². The number of carbonyl (C=O) groups excluding carboxylic acids is 2. The quantitative estimate of drug-likeness (QED) is 0.478. The molecule has 1 aliphatic heterocycles. The Hall–Kier alpha value is -2.60. The second-order valence-corrected chi connectivity index (χ2v) is 6.03. The Morgan fingerprint density at radius 3 is 2.44 bits per heavy atom. The number of benzene rings is 1. The summed E-state index contributed by atoms with van der Waals surface area (Å²) in [7, 11) is 0. The lowest BCUT2D eigenvalue weighted by Crippen LogP contribution is -2.37. The minimum Gasteiger partial charge on any atom is -0.314 e. The predicted molar refractivity (Wildman–Crippen MR) is 91.9 cm³/mol. The lowest BCUT2D eigenvalue weighted by Gasteiger charge is -2.18. The molecule has 6 heteroatoms. The standard InChI is InChI=1S/C19H20FN3O2/c1-2-13(14-7-8-22-17(20)11-14)12-21-9-10-23-18(24)15-5-3-4-6-16(15)19(23)25/h3-8,11,13,21H,2,9-10,12H2,1H3. The Bertz CT molecular complexity index is 759. The molecule has 0 radical (unpaired) electrons. The van der Waals surface area contributed by atoms with Crippen LogP contribution in [0.4, 0.5) is 4.39 Å². The molecule has 0 fully saturated rings. The minimum absolute atomic E-state index is 0.152. The lowest BCUT2D eigenvalue weighted by atomic mass is 9.97. The summed E-state index contributed by atoms with van der Waals surface area (Å²) in [6, 6.07) is 10.1. The average Bonchev–Trinajstić information content (AvgIpc) is 2.87. The molecule has 0 saturated carbocycles. The Morgan fingerprint density at radius 2 is 1.84 bits per heavy atom. The van der Waals surface area contributed by atoms with Gasteiger partial charge in [0.2, 0.25) is 5.95 Å². The van der Waals surface area contributed by atoms with Crippen LogP contribution < -0.4 is 5.32 Å². The number of hydrogen-bond acceptors (Lipinski definition) is 4. The monoisotopic (exact) mass is 341 g/mol. The molecule has 1 atom stereocenters. The molecule has 2 amide bonds. The number of pyridine rings is 1. The van der Waals surface area contributed by atoms with Gasteiger partial charge in [0, 0.05) is 25.8 Å². The first kappa shape index (κ1) is 17.2. The second kappa shape index (κ2) is 7.53. The molecule has 130 valence electrons. The van der Waals surface area contributed by atoms with Gasteiger partial charge in [-0.2, -0.15) is 4.39 Å². The highest BCUT2D eigenvalue weighted by Gasteiger charge is 2.34. The van der Waals surface area contributed by atoms with Crippen molar-refractivity contribution in [3.63, 3.8) is 0 Å². The second-order valence-electron chi connectivity index (χ2n) is 6.03. The summed E-state index contributed by atoms with van der Waals surface area (Å²) in [5, 5.41) is 3.26. The molecular formula is C19H20FN3O2. The van der Waals surface area contributed by atoms with E-state index in [2.05, 4.69) is 10.3 Å². The molecule has 2 heterocycles. The summed E-state index contributed by atoms with van der Waals surface area (Å²) >= 11 is 0. The first-order chi connectivity index (χ1) is 12.1. The van der Waals surface area contributed by atoms with E-state index < -0.39 is 5.95 Å². The van der Waals surface area contributed by atoms with Crippen LogP contribution in [-0.4, -0.2) is 41.3 Å². The molecule has 2 aromatic rings. The fourth-order valence-corrected chi connectivity index (χ4v) is 3.08. The van der Waals surface area contributed by atoms with Gasteiger partial charge in [-0.05, 0) is 42.2 Å². The van der Waals surface area contributed by atoms with Crippen molar-refractivity contribution in [2.45, 2.75) is 19.3 Å². The highest BCUT2D eigenvalue weighted by Crippen LogP contribution is 2.22. The molecule has 0 aliphatic carbocycles. The van der Waals surface area contributed by atoms with E-state index in [0.717, 1.165) is 12.0 Å². The summed E-state index contributed by atoms with van der Waals surface area (Å²) in [5.41, 5.74) is 1.82. The van der Waals surface area contributed by atoms with Gasteiger partial charge in [-0.3, -0.25) is 14.5 Å². The van der Waals surface area contributed by atoms with E-state index in [4.69, 9.17) is 0 Å². The van der Waals surface area contributed by atoms with Crippen LogP contribution in [0, 0.1) is 5.95 Å². The van der Waals surface area contributed by atoms with Crippen LogP contribution in [0.2, 0.25) is 0 Å². The number of nitrogens with one attached hydrogen (secondary N) is 1. The number of fused-ring (bicyclic) bond motifs is 1. The molecule has 1 unspecified atom stereocenters. The van der Waals surface area contributed by atoms with Crippen molar-refractivity contribution < 1.29 is 14.0 Å². The number of halogens is 1. The molecule has 1 aromatic heterocycles. The first-order valence-corrected chi connectivity index (χ1v) is 8.39. The van der Waals surface area contributed by atoms with E-state index in [-0.39, 0.29) is 17.7 Å². The summed E-state index contributed by atoms with van der Waals surface area (Å²) in [4.78, 5) is 29.4. The van der Waals surface area contributed by atoms with Crippen LogP contribution in [0.5, 0.6) is 0 Å². The van der Waals surface area contributed by atoms with E-state index in [9.17, 15) is 14.0 Å². The van der Waals surface area contributed by atoms with Crippen molar-refractivity contribution in [2.75, 3.05) is 19.6 Å². The van der Waals surface area contributed by atoms with E-state index in [1.54, 1.807) is 24.3 Å². The van der Waals surface area contributed by atoms with E-state index in [0.29, 0.717) is 30.8 Å². The molecule has 1 aliphatic rings. The molecule has 1 aromatic carbocycles. The van der Waals surface area contributed by atoms with Crippen LogP contribution in [0.3, 0.4) is 0 Å². The fourth-order valence-electron chi connectivity index (χ4n) is 3.08. The molecular weight excluding hydrogens is 321 g/mol. The maximum Gasteiger partial charge on any atom is 0.261 e. The van der Waals surface area contributed by atoms with Crippen molar-refractivity contribution in [2.24, 2.45) is 0 Å². The number of hydrogen-bond donors (Lipinski definition) is 1. The normalized spacial score (nSPS) is 14.7. The summed E-state index contributed by atoms with van der Waals surface area (Å²) in [6.07, 6.45) is 2.32. The molecule has 25 heavy (non-hydrogen) atoms. The zero-order valence-electron chi connectivity index (χ0n) is 14.0. The Morgan fingerprint density at radius 1 is 1.16 bits per heavy atom. The fraction of sp³-hybridized carbons (Fsp3) is 0.316. The van der Waals surface area contributed by atoms with Crippen molar-refractivity contribution in [3.05, 3.63) is 65.2 Å². The smallest absolute Gasteiger partial charge is 0.261 e. The number of rotatable bonds is 7. The van der Waals surface area contributed by atoms with Crippen LogP contribution in [0.15, 0.2) is 42.6 Å². The number of imide groups is 1. The minimum atomic E-state index is -0.484. The molecule has 0 spiro atoms. The first-order valence-electron chi connectivity index (χ1n) is 8.39. The van der Waals surface area contributed by atoms with Gasteiger partial charge in [-0.15, -0.1) is 0 Å². The van der Waals surface area contributed by atoms with E-state index >= 15 is 0 Å². The Kier molecular flexibility index (Phi) is 5.19.